The smallest absolute Gasteiger partial charge is 0.355 e. The lowest BCUT2D eigenvalue weighted by molar-refractivity contribution is -0.138. The summed E-state index contributed by atoms with van der Waals surface area (Å²) in [6.45, 7) is 0. The Morgan fingerprint density at radius 2 is 1.00 bits per heavy atom. The molecule has 2 aromatic rings. The fourth-order valence-corrected chi connectivity index (χ4v) is 11.2. The van der Waals surface area contributed by atoms with E-state index in [0.717, 1.165) is 75.0 Å². The van der Waals surface area contributed by atoms with Crippen LogP contribution in [-0.4, -0.2) is 34.5 Å². The summed E-state index contributed by atoms with van der Waals surface area (Å²) in [6, 6.07) is 6.55. The molecule has 1 saturated carbocycles. The Balaban J connectivity index is 1.46. The van der Waals surface area contributed by atoms with E-state index in [-0.39, 0.29) is 22.8 Å². The third-order valence-corrected chi connectivity index (χ3v) is 15.5. The van der Waals surface area contributed by atoms with Crippen molar-refractivity contribution in [3.8, 4) is 6.07 Å². The van der Waals surface area contributed by atoms with Gasteiger partial charge in [0.1, 0.15) is 11.9 Å². The summed E-state index contributed by atoms with van der Waals surface area (Å²) in [5, 5.41) is 12.0. The normalized spacial score (nSPS) is 20.8. The summed E-state index contributed by atoms with van der Waals surface area (Å²) in [5.41, 5.74) is -2.72. The van der Waals surface area contributed by atoms with Crippen LogP contribution in [0.15, 0.2) is 30.5 Å². The molecule has 1 saturated heterocycles. The Hall–Kier alpha value is -3.59. The Bertz CT molecular complexity index is 1860. The van der Waals surface area contributed by atoms with Gasteiger partial charge in [-0.05, 0) is 68.6 Å². The van der Waals surface area contributed by atoms with E-state index < -0.39 is 40.6 Å². The molecule has 1 aliphatic carbocycles. The van der Waals surface area contributed by atoms with Crippen molar-refractivity contribution in [3.63, 3.8) is 0 Å². The third-order valence-electron chi connectivity index (χ3n) is 15.1. The van der Waals surface area contributed by atoms with Crippen LogP contribution in [0.1, 0.15) is 278 Å². The highest BCUT2D eigenvalue weighted by Gasteiger charge is 2.46. The molecule has 392 valence electrons. The summed E-state index contributed by atoms with van der Waals surface area (Å²) in [5.74, 6) is -1.86. The van der Waals surface area contributed by atoms with Crippen LogP contribution in [0.5, 0.6) is 0 Å². The van der Waals surface area contributed by atoms with Gasteiger partial charge in [0, 0.05) is 24.7 Å². The molecule has 4 rings (SSSR count). The maximum atomic E-state index is 15.9. The van der Waals surface area contributed by atoms with Gasteiger partial charge in [0.05, 0.1) is 23.0 Å². The number of thiocarbonyl (C=S) groups is 1. The van der Waals surface area contributed by atoms with Crippen molar-refractivity contribution in [2.24, 2.45) is 0 Å². The van der Waals surface area contributed by atoms with Crippen molar-refractivity contribution in [2.75, 3.05) is 16.8 Å². The van der Waals surface area contributed by atoms with Gasteiger partial charge in [-0.1, -0.05) is 218 Å². The lowest BCUT2D eigenvalue weighted by Crippen LogP contribution is -2.61. The number of halogens is 4. The number of carbonyl (C=O) groups is 2. The number of amides is 2. The molecule has 0 atom stereocenters. The summed E-state index contributed by atoms with van der Waals surface area (Å²) in [6.07, 6.45) is 42.5. The summed E-state index contributed by atoms with van der Waals surface area (Å²) in [4.78, 5) is 33.9. The Morgan fingerprint density at radius 3 is 1.34 bits per heavy atom. The average molecular weight is 996 g/mol. The van der Waals surface area contributed by atoms with Crippen LogP contribution >= 0.6 is 12.2 Å². The van der Waals surface area contributed by atoms with E-state index in [0.29, 0.717) is 31.4 Å². The van der Waals surface area contributed by atoms with Crippen LogP contribution < -0.4 is 15.1 Å². The van der Waals surface area contributed by atoms with E-state index in [1.165, 1.54) is 186 Å². The van der Waals surface area contributed by atoms with Crippen molar-refractivity contribution in [1.82, 2.24) is 10.3 Å². The lowest BCUT2D eigenvalue weighted by Gasteiger charge is -2.53. The first-order chi connectivity index (χ1) is 34.0. The highest BCUT2D eigenvalue weighted by Crippen LogP contribution is 2.46. The highest BCUT2D eigenvalue weighted by molar-refractivity contribution is 7.81. The SMILES string of the molecule is CNC(=O)c1ccc(N2C(=S)N(c3cnc(C#N)c(C(F)(F)F)c3)C(=O)CCCCCCCCCCCCCCCCCCCCCCCCCCCCCCCCCCCCCC23CCC3)cc1F. The van der Waals surface area contributed by atoms with Crippen molar-refractivity contribution < 1.29 is 27.2 Å². The molecule has 70 heavy (non-hydrogen) atoms. The van der Waals surface area contributed by atoms with Gasteiger partial charge < -0.3 is 10.2 Å². The largest absolute Gasteiger partial charge is 0.419 e. The lowest BCUT2D eigenvalue weighted by atomic mass is 9.71. The van der Waals surface area contributed by atoms with Crippen molar-refractivity contribution >= 4 is 40.5 Å². The molecule has 7 nitrogen and oxygen atoms in total. The summed E-state index contributed by atoms with van der Waals surface area (Å²) in [7, 11) is 1.42. The molecule has 2 heterocycles. The first kappa shape index (κ1) is 59.0. The number of carbonyl (C=O) groups excluding carboxylic acids is 2. The predicted molar refractivity (Wildman–Crippen MR) is 284 cm³/mol. The number of nitrogens with zero attached hydrogens (tertiary/aromatic N) is 4. The van der Waals surface area contributed by atoms with Gasteiger partial charge in [0.25, 0.3) is 5.91 Å². The minimum atomic E-state index is -4.92. The van der Waals surface area contributed by atoms with Gasteiger partial charge in [-0.2, -0.15) is 18.4 Å². The quantitative estimate of drug-likeness (QED) is 0.243. The summed E-state index contributed by atoms with van der Waals surface area (Å²) >= 11 is 6.23. The zero-order chi connectivity index (χ0) is 50.3. The molecule has 0 unspecified atom stereocenters. The van der Waals surface area contributed by atoms with Crippen LogP contribution in [0.2, 0.25) is 0 Å². The van der Waals surface area contributed by atoms with Crippen molar-refractivity contribution in [1.29, 1.82) is 5.26 Å². The Labute approximate surface area is 426 Å². The van der Waals surface area contributed by atoms with Crippen LogP contribution in [0.3, 0.4) is 0 Å². The second kappa shape index (κ2) is 33.9. The number of pyridine rings is 1. The zero-order valence-corrected chi connectivity index (χ0v) is 44.0. The number of hydrogen-bond donors (Lipinski definition) is 1. The predicted octanol–water partition coefficient (Wildman–Crippen LogP) is 18.0. The molecule has 1 aromatic carbocycles. The van der Waals surface area contributed by atoms with Crippen LogP contribution in [0.25, 0.3) is 0 Å². The van der Waals surface area contributed by atoms with Gasteiger partial charge >= 0.3 is 6.18 Å². The minimum Gasteiger partial charge on any atom is -0.355 e. The second-order valence-corrected chi connectivity index (χ2v) is 21.1. The standard InChI is InChI=1S/C58H89F4N5O2S/c1-64-55(69)50-40-39-48(45-52(50)59)67-56(70)66(49-44-51(58(60,61)62)53(46-63)65-47-49)54(68)38-35-33-31-29-27-25-23-21-19-17-15-13-11-9-7-5-3-2-4-6-8-10-12-14-16-18-20-22-24-26-28-30-32-34-36-41-57(67)42-37-43-57/h39-40,44-45,47H,2-38,41-43H2,1H3,(H,64,69). The molecule has 2 fully saturated rings. The zero-order valence-electron chi connectivity index (χ0n) is 43.2. The fraction of sp³-hybridized carbons (Fsp3) is 0.741. The molecule has 2 aliphatic rings. The number of alkyl halides is 3. The Kier molecular flexibility index (Phi) is 28.6. The minimum absolute atomic E-state index is 0.0340. The van der Waals surface area contributed by atoms with Gasteiger partial charge in [0.2, 0.25) is 5.91 Å². The van der Waals surface area contributed by atoms with Crippen molar-refractivity contribution in [2.45, 2.75) is 269 Å². The molecule has 0 bridgehead atoms. The molecule has 1 N–H and O–H groups in total. The molecule has 1 aliphatic heterocycles. The van der Waals surface area contributed by atoms with Crippen LogP contribution in [0.4, 0.5) is 28.9 Å². The van der Waals surface area contributed by atoms with E-state index in [4.69, 9.17) is 12.2 Å². The van der Waals surface area contributed by atoms with E-state index in [1.54, 1.807) is 17.0 Å². The average Bonchev–Trinajstić information content (AvgIpc) is 3.33. The van der Waals surface area contributed by atoms with Crippen LogP contribution in [-0.2, 0) is 11.0 Å². The summed E-state index contributed by atoms with van der Waals surface area (Å²) < 4.78 is 59.2. The first-order valence-electron chi connectivity index (χ1n) is 28.2. The maximum absolute atomic E-state index is 15.9. The van der Waals surface area contributed by atoms with E-state index in [9.17, 15) is 28.0 Å². The number of aromatic nitrogens is 1. The third kappa shape index (κ3) is 20.9. The highest BCUT2D eigenvalue weighted by atomic mass is 32.1. The molecule has 0 radical (unpaired) electrons. The van der Waals surface area contributed by atoms with E-state index >= 15 is 4.39 Å². The van der Waals surface area contributed by atoms with E-state index in [1.807, 2.05) is 0 Å². The van der Waals surface area contributed by atoms with Crippen LogP contribution in [0, 0.1) is 17.1 Å². The number of nitriles is 1. The number of hydrogen-bond acceptors (Lipinski definition) is 5. The number of benzene rings is 1. The Morgan fingerprint density at radius 1 is 0.614 bits per heavy atom. The molecular formula is C58H89F4N5O2S. The monoisotopic (exact) mass is 996 g/mol. The second-order valence-electron chi connectivity index (χ2n) is 20.7. The molecule has 1 aromatic heterocycles. The first-order valence-corrected chi connectivity index (χ1v) is 28.6. The molecule has 1 spiro atoms. The van der Waals surface area contributed by atoms with Gasteiger partial charge in [0.15, 0.2) is 10.8 Å². The fourth-order valence-electron chi connectivity index (χ4n) is 10.7. The van der Waals surface area contributed by atoms with Gasteiger partial charge in [-0.3, -0.25) is 14.5 Å². The van der Waals surface area contributed by atoms with Crippen molar-refractivity contribution in [3.05, 3.63) is 53.1 Å². The van der Waals surface area contributed by atoms with E-state index in [2.05, 4.69) is 10.3 Å². The topological polar surface area (TPSA) is 89.3 Å². The van der Waals surface area contributed by atoms with Gasteiger partial charge in [-0.15, -0.1) is 0 Å². The molecular weight excluding hydrogens is 907 g/mol. The van der Waals surface area contributed by atoms with Gasteiger partial charge in [-0.25, -0.2) is 9.37 Å². The molecule has 2 amide bonds. The molecule has 12 heteroatoms. The number of anilines is 2. The number of rotatable bonds is 3. The number of nitrogens with one attached hydrogen (secondary N) is 1. The maximum Gasteiger partial charge on any atom is 0.419 e.